The lowest BCUT2D eigenvalue weighted by Crippen LogP contribution is -2.23. The van der Waals surface area contributed by atoms with Crippen molar-refractivity contribution in [3.8, 4) is 6.07 Å². The molecule has 0 aromatic heterocycles. The van der Waals surface area contributed by atoms with Crippen molar-refractivity contribution < 1.29 is 4.39 Å². The Bertz CT molecular complexity index is 444. The molecule has 0 spiro atoms. The number of halogens is 1. The lowest BCUT2D eigenvalue weighted by Gasteiger charge is -2.13. The number of nitrogens with one attached hydrogen (secondary N) is 1. The molecule has 1 aliphatic carbocycles. The largest absolute Gasteiger partial charge is 0.312 e. The van der Waals surface area contributed by atoms with E-state index < -0.39 is 5.82 Å². The first kappa shape index (κ1) is 12.1. The summed E-state index contributed by atoms with van der Waals surface area (Å²) < 4.78 is 13.1. The minimum absolute atomic E-state index is 0.126. The number of benzene rings is 1. The summed E-state index contributed by atoms with van der Waals surface area (Å²) in [7, 11) is 0. The third-order valence-corrected chi connectivity index (χ3v) is 3.69. The Labute approximate surface area is 101 Å². The highest BCUT2D eigenvalue weighted by Gasteiger charge is 2.39. The van der Waals surface area contributed by atoms with Crippen LogP contribution in [0.2, 0.25) is 0 Å². The molecule has 1 saturated carbocycles. The van der Waals surface area contributed by atoms with Gasteiger partial charge in [-0.1, -0.05) is 13.0 Å². The summed E-state index contributed by atoms with van der Waals surface area (Å²) in [6.45, 7) is 3.94. The third kappa shape index (κ3) is 2.83. The molecule has 0 heterocycles. The Morgan fingerprint density at radius 2 is 2.24 bits per heavy atom. The van der Waals surface area contributed by atoms with Gasteiger partial charge in [0.05, 0.1) is 5.56 Å². The summed E-state index contributed by atoms with van der Waals surface area (Å²) in [6, 6.07) is 6.58. The summed E-state index contributed by atoms with van der Waals surface area (Å²) in [6.07, 6.45) is 3.83. The van der Waals surface area contributed by atoms with Crippen molar-refractivity contribution in [2.24, 2.45) is 5.41 Å². The smallest absolute Gasteiger partial charge is 0.140 e. The van der Waals surface area contributed by atoms with E-state index in [4.69, 9.17) is 5.26 Å². The van der Waals surface area contributed by atoms with Crippen LogP contribution in [0, 0.1) is 22.6 Å². The molecule has 17 heavy (non-hydrogen) atoms. The van der Waals surface area contributed by atoms with Crippen molar-refractivity contribution >= 4 is 0 Å². The molecule has 1 aromatic rings. The monoisotopic (exact) mass is 232 g/mol. The fourth-order valence-corrected chi connectivity index (χ4v) is 2.07. The van der Waals surface area contributed by atoms with Crippen molar-refractivity contribution in [1.82, 2.24) is 5.32 Å². The van der Waals surface area contributed by atoms with Crippen LogP contribution in [0.4, 0.5) is 4.39 Å². The zero-order valence-electron chi connectivity index (χ0n) is 10.1. The Hall–Kier alpha value is -1.40. The van der Waals surface area contributed by atoms with Crippen molar-refractivity contribution in [3.05, 3.63) is 35.1 Å². The molecule has 3 heteroatoms. The summed E-state index contributed by atoms with van der Waals surface area (Å²) in [4.78, 5) is 0. The van der Waals surface area contributed by atoms with Crippen molar-refractivity contribution in [1.29, 1.82) is 5.26 Å². The maximum Gasteiger partial charge on any atom is 0.140 e. The molecule has 1 N–H and O–H groups in total. The molecule has 0 aliphatic heterocycles. The van der Waals surface area contributed by atoms with Gasteiger partial charge in [0.25, 0.3) is 0 Å². The predicted octanol–water partition coefficient (Wildman–Crippen LogP) is 2.98. The fourth-order valence-electron chi connectivity index (χ4n) is 2.07. The van der Waals surface area contributed by atoms with Crippen LogP contribution < -0.4 is 5.32 Å². The molecule has 0 amide bonds. The predicted molar refractivity (Wildman–Crippen MR) is 64.8 cm³/mol. The second-order valence-electron chi connectivity index (χ2n) is 4.88. The number of hydrogen-bond acceptors (Lipinski definition) is 2. The van der Waals surface area contributed by atoms with Gasteiger partial charge in [-0.05, 0) is 42.4 Å². The van der Waals surface area contributed by atoms with Gasteiger partial charge in [-0.2, -0.15) is 5.26 Å². The number of nitriles is 1. The summed E-state index contributed by atoms with van der Waals surface area (Å²) in [5, 5.41) is 12.1. The maximum atomic E-state index is 13.1. The van der Waals surface area contributed by atoms with E-state index in [0.29, 0.717) is 12.0 Å². The van der Waals surface area contributed by atoms with Crippen molar-refractivity contribution in [2.75, 3.05) is 6.54 Å². The van der Waals surface area contributed by atoms with Gasteiger partial charge in [0, 0.05) is 13.1 Å². The number of hydrogen-bond donors (Lipinski definition) is 1. The lowest BCUT2D eigenvalue weighted by molar-refractivity contribution is 0.443. The van der Waals surface area contributed by atoms with Crippen LogP contribution in [0.1, 0.15) is 37.3 Å². The number of rotatable bonds is 5. The third-order valence-electron chi connectivity index (χ3n) is 3.69. The quantitative estimate of drug-likeness (QED) is 0.847. The van der Waals surface area contributed by atoms with E-state index in [1.807, 2.05) is 6.07 Å². The Kier molecular flexibility index (Phi) is 3.44. The topological polar surface area (TPSA) is 35.8 Å². The van der Waals surface area contributed by atoms with E-state index in [9.17, 15) is 4.39 Å². The van der Waals surface area contributed by atoms with Crippen LogP contribution >= 0.6 is 0 Å². The SMILES string of the molecule is CCC1(CNCc2ccc(F)c(C#N)c2)CC1. The van der Waals surface area contributed by atoms with Crippen LogP contribution in [0.5, 0.6) is 0 Å². The van der Waals surface area contributed by atoms with Crippen LogP contribution in [0.25, 0.3) is 0 Å². The minimum atomic E-state index is -0.441. The van der Waals surface area contributed by atoms with Crippen molar-refractivity contribution in [3.63, 3.8) is 0 Å². The number of nitrogens with zero attached hydrogens (tertiary/aromatic N) is 1. The average Bonchev–Trinajstić information content (AvgIpc) is 3.12. The Morgan fingerprint density at radius 3 is 2.82 bits per heavy atom. The van der Waals surface area contributed by atoms with Crippen molar-refractivity contribution in [2.45, 2.75) is 32.7 Å². The highest BCUT2D eigenvalue weighted by atomic mass is 19.1. The van der Waals surface area contributed by atoms with Crippen LogP contribution in [-0.2, 0) is 6.54 Å². The Balaban J connectivity index is 1.89. The first-order valence-electron chi connectivity index (χ1n) is 6.08. The van der Waals surface area contributed by atoms with Gasteiger partial charge in [-0.25, -0.2) is 4.39 Å². The van der Waals surface area contributed by atoms with E-state index >= 15 is 0 Å². The zero-order chi connectivity index (χ0) is 12.3. The van der Waals surface area contributed by atoms with Crippen LogP contribution in [0.3, 0.4) is 0 Å². The summed E-state index contributed by atoms with van der Waals surface area (Å²) >= 11 is 0. The molecule has 0 saturated heterocycles. The molecular weight excluding hydrogens is 215 g/mol. The molecule has 90 valence electrons. The van der Waals surface area contributed by atoms with Gasteiger partial charge in [-0.3, -0.25) is 0 Å². The Morgan fingerprint density at radius 1 is 1.47 bits per heavy atom. The molecule has 1 aliphatic rings. The minimum Gasteiger partial charge on any atom is -0.312 e. The molecule has 2 rings (SSSR count). The van der Waals surface area contributed by atoms with E-state index in [1.165, 1.54) is 25.3 Å². The second-order valence-corrected chi connectivity index (χ2v) is 4.88. The van der Waals surface area contributed by atoms with Crippen LogP contribution in [-0.4, -0.2) is 6.54 Å². The first-order chi connectivity index (χ1) is 8.19. The molecule has 1 fully saturated rings. The molecule has 0 radical (unpaired) electrons. The van der Waals surface area contributed by atoms with E-state index in [2.05, 4.69) is 12.2 Å². The summed E-state index contributed by atoms with van der Waals surface area (Å²) in [5.41, 5.74) is 1.61. The second kappa shape index (κ2) is 4.85. The maximum absolute atomic E-state index is 13.1. The van der Waals surface area contributed by atoms with Gasteiger partial charge < -0.3 is 5.32 Å². The van der Waals surface area contributed by atoms with E-state index in [-0.39, 0.29) is 5.56 Å². The molecule has 0 bridgehead atoms. The molecule has 1 aromatic carbocycles. The van der Waals surface area contributed by atoms with Gasteiger partial charge in [0.15, 0.2) is 0 Å². The molecule has 0 atom stereocenters. The molecule has 2 nitrogen and oxygen atoms in total. The average molecular weight is 232 g/mol. The van der Waals surface area contributed by atoms with Gasteiger partial charge >= 0.3 is 0 Å². The van der Waals surface area contributed by atoms with E-state index in [0.717, 1.165) is 12.1 Å². The van der Waals surface area contributed by atoms with E-state index in [1.54, 1.807) is 12.1 Å². The van der Waals surface area contributed by atoms with Gasteiger partial charge in [0.2, 0.25) is 0 Å². The fraction of sp³-hybridized carbons (Fsp3) is 0.500. The molecule has 0 unspecified atom stereocenters. The van der Waals surface area contributed by atoms with Crippen LogP contribution in [0.15, 0.2) is 18.2 Å². The highest BCUT2D eigenvalue weighted by Crippen LogP contribution is 2.47. The highest BCUT2D eigenvalue weighted by molar-refractivity contribution is 5.34. The standard InChI is InChI=1S/C14H17FN2/c1-2-14(5-6-14)10-17-9-11-3-4-13(15)12(7-11)8-16/h3-4,7,17H,2,5-6,9-10H2,1H3. The van der Waals surface area contributed by atoms with Gasteiger partial charge in [0.1, 0.15) is 11.9 Å². The zero-order valence-corrected chi connectivity index (χ0v) is 10.1. The van der Waals surface area contributed by atoms with Gasteiger partial charge in [-0.15, -0.1) is 0 Å². The lowest BCUT2D eigenvalue weighted by atomic mass is 10.0. The first-order valence-corrected chi connectivity index (χ1v) is 6.08. The summed E-state index contributed by atoms with van der Waals surface area (Å²) in [5.74, 6) is -0.441. The molecular formula is C14H17FN2. The normalized spacial score (nSPS) is 16.5.